The first-order chi connectivity index (χ1) is 18.8. The third kappa shape index (κ3) is 9.19. The van der Waals surface area contributed by atoms with Crippen molar-refractivity contribution in [3.05, 3.63) is 102 Å². The van der Waals surface area contributed by atoms with Crippen molar-refractivity contribution in [3.63, 3.8) is 0 Å². The number of halogens is 1. The van der Waals surface area contributed by atoms with E-state index in [-0.39, 0.29) is 44.2 Å². The van der Waals surface area contributed by atoms with Gasteiger partial charge in [0.15, 0.2) is 0 Å². The number of rotatable bonds is 12. The lowest BCUT2D eigenvalue weighted by Crippen LogP contribution is -2.54. The van der Waals surface area contributed by atoms with E-state index in [0.717, 1.165) is 11.8 Å². The van der Waals surface area contributed by atoms with Crippen LogP contribution in [0.2, 0.25) is 0 Å². The first-order valence-corrected chi connectivity index (χ1v) is 15.1. The van der Waals surface area contributed by atoms with Gasteiger partial charge in [0.25, 0.3) is 0 Å². The Morgan fingerprint density at radius 2 is 1.48 bits per heavy atom. The maximum absolute atomic E-state index is 14.7. The van der Waals surface area contributed by atoms with E-state index in [1.54, 1.807) is 48.5 Å². The minimum Gasteiger partial charge on any atom is -0.350 e. The van der Waals surface area contributed by atoms with E-state index in [0.29, 0.717) is 11.3 Å². The van der Waals surface area contributed by atoms with Crippen molar-refractivity contribution in [1.29, 1.82) is 0 Å². The normalized spacial score (nSPS) is 12.4. The molecule has 0 spiro atoms. The number of carbonyl (C=O) groups excluding carboxylic acids is 2. The van der Waals surface area contributed by atoms with Gasteiger partial charge in [-0.15, -0.1) is 0 Å². The summed E-state index contributed by atoms with van der Waals surface area (Å²) < 4.78 is 41.0. The zero-order valence-electron chi connectivity index (χ0n) is 23.5. The number of hydrogen-bond donors (Lipinski definition) is 1. The van der Waals surface area contributed by atoms with Gasteiger partial charge in [-0.3, -0.25) is 13.9 Å². The van der Waals surface area contributed by atoms with Crippen LogP contribution in [0.4, 0.5) is 10.1 Å². The quantitative estimate of drug-likeness (QED) is 0.336. The van der Waals surface area contributed by atoms with Crippen molar-refractivity contribution in [1.82, 2.24) is 10.2 Å². The lowest BCUT2D eigenvalue weighted by atomic mass is 10.00. The molecular formula is C31H38FN3O4S. The van der Waals surface area contributed by atoms with E-state index in [1.165, 1.54) is 15.3 Å². The second-order valence-electron chi connectivity index (χ2n) is 10.8. The molecule has 0 aliphatic rings. The molecule has 0 heterocycles. The van der Waals surface area contributed by atoms with E-state index < -0.39 is 27.4 Å². The van der Waals surface area contributed by atoms with E-state index >= 15 is 0 Å². The molecule has 40 heavy (non-hydrogen) atoms. The van der Waals surface area contributed by atoms with E-state index in [9.17, 15) is 22.4 Å². The number of nitrogens with zero attached hydrogens (tertiary/aromatic N) is 2. The summed E-state index contributed by atoms with van der Waals surface area (Å²) in [5, 5.41) is 2.98. The van der Waals surface area contributed by atoms with Crippen molar-refractivity contribution >= 4 is 27.5 Å². The van der Waals surface area contributed by atoms with Crippen LogP contribution in [0, 0.1) is 5.82 Å². The molecule has 9 heteroatoms. The third-order valence-corrected chi connectivity index (χ3v) is 7.46. The van der Waals surface area contributed by atoms with Crippen LogP contribution < -0.4 is 9.62 Å². The van der Waals surface area contributed by atoms with Gasteiger partial charge in [-0.25, -0.2) is 12.8 Å². The molecule has 0 aliphatic heterocycles. The number of para-hydroxylation sites is 1. The summed E-state index contributed by atoms with van der Waals surface area (Å²) in [6, 6.07) is 23.3. The summed E-state index contributed by atoms with van der Waals surface area (Å²) in [5.41, 5.74) is 1.10. The molecule has 7 nitrogen and oxygen atoms in total. The maximum atomic E-state index is 14.7. The number of anilines is 1. The standard InChI is InChI=1S/C31H38FN3O4S/c1-31(2,3)33-30(37)28(22-24-14-7-5-8-15-24)34(23-25-16-11-12-19-27(25)32)29(36)20-13-21-35(40(4,38)39)26-17-9-6-10-18-26/h5-12,14-19,28H,13,20-23H2,1-4H3,(H,33,37). The van der Waals surface area contributed by atoms with Crippen LogP contribution >= 0.6 is 0 Å². The SMILES string of the molecule is CC(C)(C)NC(=O)C(Cc1ccccc1)N(Cc1ccccc1F)C(=O)CCCN(c1ccccc1)S(C)(=O)=O. The fraction of sp³-hybridized carbons (Fsp3) is 0.355. The predicted molar refractivity (Wildman–Crippen MR) is 157 cm³/mol. The molecule has 0 bridgehead atoms. The van der Waals surface area contributed by atoms with Gasteiger partial charge < -0.3 is 10.2 Å². The van der Waals surface area contributed by atoms with Crippen LogP contribution in [0.1, 0.15) is 44.7 Å². The van der Waals surface area contributed by atoms with Crippen LogP contribution in [0.15, 0.2) is 84.9 Å². The Morgan fingerprint density at radius 3 is 2.05 bits per heavy atom. The van der Waals surface area contributed by atoms with Crippen molar-refractivity contribution in [2.24, 2.45) is 0 Å². The minimum absolute atomic E-state index is 0.0264. The minimum atomic E-state index is -3.59. The maximum Gasteiger partial charge on any atom is 0.243 e. The second-order valence-corrected chi connectivity index (χ2v) is 12.7. The van der Waals surface area contributed by atoms with Crippen LogP contribution in [0.25, 0.3) is 0 Å². The fourth-order valence-corrected chi connectivity index (χ4v) is 5.38. The molecule has 0 aliphatic carbocycles. The van der Waals surface area contributed by atoms with Crippen molar-refractivity contribution in [3.8, 4) is 0 Å². The molecule has 214 valence electrons. The van der Waals surface area contributed by atoms with Crippen molar-refractivity contribution < 1.29 is 22.4 Å². The zero-order valence-corrected chi connectivity index (χ0v) is 24.3. The number of sulfonamides is 1. The summed E-state index contributed by atoms with van der Waals surface area (Å²) in [7, 11) is -3.59. The van der Waals surface area contributed by atoms with Gasteiger partial charge in [-0.1, -0.05) is 66.7 Å². The van der Waals surface area contributed by atoms with Gasteiger partial charge in [0.2, 0.25) is 21.8 Å². The number of nitrogens with one attached hydrogen (secondary N) is 1. The first kappa shape index (κ1) is 30.8. The average Bonchev–Trinajstić information content (AvgIpc) is 2.89. The zero-order chi connectivity index (χ0) is 29.3. The Balaban J connectivity index is 1.91. The molecule has 1 atom stereocenters. The summed E-state index contributed by atoms with van der Waals surface area (Å²) in [6.45, 7) is 5.55. The highest BCUT2D eigenvalue weighted by Gasteiger charge is 2.32. The smallest absolute Gasteiger partial charge is 0.243 e. The lowest BCUT2D eigenvalue weighted by molar-refractivity contribution is -0.142. The molecule has 0 radical (unpaired) electrons. The van der Waals surface area contributed by atoms with E-state index in [4.69, 9.17) is 0 Å². The number of benzene rings is 3. The Bertz CT molecular complexity index is 1380. The molecule has 1 unspecified atom stereocenters. The molecule has 0 saturated carbocycles. The first-order valence-electron chi connectivity index (χ1n) is 13.3. The molecule has 0 fully saturated rings. The van der Waals surface area contributed by atoms with Crippen molar-refractivity contribution in [2.75, 3.05) is 17.1 Å². The van der Waals surface area contributed by atoms with Gasteiger partial charge in [0.05, 0.1) is 11.9 Å². The highest BCUT2D eigenvalue weighted by atomic mass is 32.2. The number of carbonyl (C=O) groups is 2. The monoisotopic (exact) mass is 567 g/mol. The predicted octanol–water partition coefficient (Wildman–Crippen LogP) is 4.93. The molecular weight excluding hydrogens is 529 g/mol. The summed E-state index contributed by atoms with van der Waals surface area (Å²) in [4.78, 5) is 28.8. The Labute approximate surface area is 237 Å². The average molecular weight is 568 g/mol. The molecule has 3 aromatic carbocycles. The highest BCUT2D eigenvalue weighted by molar-refractivity contribution is 7.92. The van der Waals surface area contributed by atoms with Crippen LogP contribution in [0.3, 0.4) is 0 Å². The van der Waals surface area contributed by atoms with Gasteiger partial charge in [-0.2, -0.15) is 0 Å². The summed E-state index contributed by atoms with van der Waals surface area (Å²) in [6.07, 6.45) is 1.55. The Morgan fingerprint density at radius 1 is 0.900 bits per heavy atom. The Kier molecular flexibility index (Phi) is 10.5. The number of hydrogen-bond acceptors (Lipinski definition) is 4. The van der Waals surface area contributed by atoms with Crippen molar-refractivity contribution in [2.45, 2.75) is 58.2 Å². The van der Waals surface area contributed by atoms with Crippen LogP contribution in [-0.4, -0.2) is 49.5 Å². The third-order valence-electron chi connectivity index (χ3n) is 6.26. The second kappa shape index (κ2) is 13.6. The summed E-state index contributed by atoms with van der Waals surface area (Å²) in [5.74, 6) is -1.18. The van der Waals surface area contributed by atoms with Crippen LogP contribution in [-0.2, 0) is 32.6 Å². The molecule has 1 N–H and O–H groups in total. The van der Waals surface area contributed by atoms with E-state index in [1.807, 2.05) is 51.1 Å². The summed E-state index contributed by atoms with van der Waals surface area (Å²) >= 11 is 0. The number of amides is 2. The van der Waals surface area contributed by atoms with Gasteiger partial charge in [0.1, 0.15) is 11.9 Å². The Hall–Kier alpha value is -3.72. The highest BCUT2D eigenvalue weighted by Crippen LogP contribution is 2.21. The van der Waals surface area contributed by atoms with Gasteiger partial charge in [0, 0.05) is 37.0 Å². The molecule has 2 amide bonds. The van der Waals surface area contributed by atoms with Gasteiger partial charge >= 0.3 is 0 Å². The van der Waals surface area contributed by atoms with Crippen LogP contribution in [0.5, 0.6) is 0 Å². The fourth-order valence-electron chi connectivity index (χ4n) is 4.42. The molecule has 3 rings (SSSR count). The molecule has 0 aromatic heterocycles. The lowest BCUT2D eigenvalue weighted by Gasteiger charge is -2.34. The topological polar surface area (TPSA) is 86.8 Å². The van der Waals surface area contributed by atoms with Gasteiger partial charge in [-0.05, 0) is 51.0 Å². The largest absolute Gasteiger partial charge is 0.350 e. The molecule has 3 aromatic rings. The van der Waals surface area contributed by atoms with E-state index in [2.05, 4.69) is 5.32 Å². The molecule has 0 saturated heterocycles.